The maximum absolute atomic E-state index is 12.5. The summed E-state index contributed by atoms with van der Waals surface area (Å²) in [4.78, 5) is 18.8. The number of carbonyl (C=O) groups is 1. The van der Waals surface area contributed by atoms with E-state index in [9.17, 15) is 4.79 Å². The van der Waals surface area contributed by atoms with Gasteiger partial charge in [-0.05, 0) is 25.0 Å². The van der Waals surface area contributed by atoms with Gasteiger partial charge in [0.15, 0.2) is 0 Å². The van der Waals surface area contributed by atoms with E-state index in [1.165, 1.54) is 11.3 Å². The van der Waals surface area contributed by atoms with Gasteiger partial charge in [0.05, 0.1) is 0 Å². The summed E-state index contributed by atoms with van der Waals surface area (Å²) in [7, 11) is 0. The second-order valence-corrected chi connectivity index (χ2v) is 6.37. The zero-order valence-corrected chi connectivity index (χ0v) is 15.5. The van der Waals surface area contributed by atoms with Gasteiger partial charge in [-0.2, -0.15) is 0 Å². The molecule has 2 aromatic rings. The molecule has 0 radical (unpaired) electrons. The monoisotopic (exact) mass is 393 g/mol. The van der Waals surface area contributed by atoms with E-state index in [-0.39, 0.29) is 36.8 Å². The second-order valence-electron chi connectivity index (χ2n) is 5.08. The van der Waals surface area contributed by atoms with Crippen LogP contribution in [0.25, 0.3) is 10.6 Å². The molecule has 2 heterocycles. The fourth-order valence-electron chi connectivity index (χ4n) is 2.62. The number of nitrogens with two attached hydrogens (primary N) is 1. The average Bonchev–Trinajstić information content (AvgIpc) is 3.15. The highest BCUT2D eigenvalue weighted by atomic mass is 35.5. The molecule has 1 aromatic carbocycles. The lowest BCUT2D eigenvalue weighted by Gasteiger charge is -2.22. The van der Waals surface area contributed by atoms with Gasteiger partial charge >= 0.3 is 0 Å². The van der Waals surface area contributed by atoms with Crippen LogP contribution < -0.4 is 5.73 Å². The molecule has 1 aliphatic rings. The molecule has 0 aliphatic carbocycles. The predicted molar refractivity (Wildman–Crippen MR) is 100 cm³/mol. The van der Waals surface area contributed by atoms with Crippen LogP contribution in [0.2, 0.25) is 5.02 Å². The summed E-state index contributed by atoms with van der Waals surface area (Å²) in [5, 5.41) is 3.28. The van der Waals surface area contributed by atoms with Gasteiger partial charge in [0.2, 0.25) is 0 Å². The van der Waals surface area contributed by atoms with E-state index in [1.807, 2.05) is 34.5 Å². The van der Waals surface area contributed by atoms with Gasteiger partial charge in [-0.1, -0.05) is 23.7 Å². The number of thiazole rings is 1. The molecule has 1 atom stereocenters. The van der Waals surface area contributed by atoms with Crippen molar-refractivity contribution in [3.8, 4) is 10.6 Å². The van der Waals surface area contributed by atoms with Gasteiger partial charge in [-0.25, -0.2) is 4.98 Å². The smallest absolute Gasteiger partial charge is 0.273 e. The number of amides is 1. The topological polar surface area (TPSA) is 59.2 Å². The molecule has 1 fully saturated rings. The molecular formula is C15H18Cl3N3OS. The second kappa shape index (κ2) is 8.85. The molecule has 0 spiro atoms. The maximum atomic E-state index is 12.5. The first-order valence-corrected chi connectivity index (χ1v) is 8.17. The Bertz CT molecular complexity index is 665. The van der Waals surface area contributed by atoms with Crippen molar-refractivity contribution in [3.05, 3.63) is 40.4 Å². The van der Waals surface area contributed by atoms with Crippen molar-refractivity contribution in [2.75, 3.05) is 13.1 Å². The summed E-state index contributed by atoms with van der Waals surface area (Å²) < 4.78 is 0. The fraction of sp³-hybridized carbons (Fsp3) is 0.333. The van der Waals surface area contributed by atoms with Crippen LogP contribution >= 0.6 is 47.8 Å². The highest BCUT2D eigenvalue weighted by Gasteiger charge is 2.29. The molecule has 1 aliphatic heterocycles. The predicted octanol–water partition coefficient (Wildman–Crippen LogP) is 3.87. The Morgan fingerprint density at radius 3 is 2.91 bits per heavy atom. The van der Waals surface area contributed by atoms with Crippen LogP contribution in [-0.4, -0.2) is 34.9 Å². The van der Waals surface area contributed by atoms with Gasteiger partial charge in [-0.3, -0.25) is 4.79 Å². The van der Waals surface area contributed by atoms with Gasteiger partial charge < -0.3 is 10.6 Å². The molecule has 126 valence electrons. The molecule has 23 heavy (non-hydrogen) atoms. The average molecular weight is 395 g/mol. The van der Waals surface area contributed by atoms with E-state index in [4.69, 9.17) is 17.3 Å². The van der Waals surface area contributed by atoms with Crippen LogP contribution in [0.3, 0.4) is 0 Å². The Kier molecular flexibility index (Phi) is 7.77. The van der Waals surface area contributed by atoms with Crippen molar-refractivity contribution >= 4 is 53.7 Å². The van der Waals surface area contributed by atoms with Crippen molar-refractivity contribution in [2.45, 2.75) is 18.9 Å². The largest absolute Gasteiger partial charge is 0.333 e. The Balaban J connectivity index is 0.00000132. The van der Waals surface area contributed by atoms with E-state index in [0.29, 0.717) is 17.3 Å². The summed E-state index contributed by atoms with van der Waals surface area (Å²) in [6.45, 7) is 1.28. The standard InChI is InChI=1S/C15H16ClN3OS.2ClH/c16-11-4-1-3-10(7-11)14-18-13(9-21-14)15(20)19-6-2-5-12(19)8-17;;/h1,3-4,7,9,12H,2,5-6,8,17H2;2*1H. The molecular weight excluding hydrogens is 377 g/mol. The summed E-state index contributed by atoms with van der Waals surface area (Å²) in [6, 6.07) is 7.64. The summed E-state index contributed by atoms with van der Waals surface area (Å²) in [5.41, 5.74) is 7.16. The molecule has 0 bridgehead atoms. The summed E-state index contributed by atoms with van der Waals surface area (Å²) in [5.74, 6) is -0.0209. The van der Waals surface area contributed by atoms with Gasteiger partial charge in [0.1, 0.15) is 10.7 Å². The fourth-order valence-corrected chi connectivity index (χ4v) is 3.60. The van der Waals surface area contributed by atoms with Crippen LogP contribution in [0.15, 0.2) is 29.6 Å². The lowest BCUT2D eigenvalue weighted by atomic mass is 10.2. The van der Waals surface area contributed by atoms with E-state index < -0.39 is 0 Å². The minimum absolute atomic E-state index is 0. The number of aromatic nitrogens is 1. The molecule has 4 nitrogen and oxygen atoms in total. The number of halogens is 3. The summed E-state index contributed by atoms with van der Waals surface area (Å²) in [6.07, 6.45) is 1.99. The Morgan fingerprint density at radius 2 is 2.22 bits per heavy atom. The number of hydrogen-bond donors (Lipinski definition) is 1. The number of carbonyl (C=O) groups excluding carboxylic acids is 1. The maximum Gasteiger partial charge on any atom is 0.273 e. The normalized spacial score (nSPS) is 16.6. The number of benzene rings is 1. The Labute approximate surface area is 156 Å². The number of hydrogen-bond acceptors (Lipinski definition) is 4. The third-order valence-corrected chi connectivity index (χ3v) is 4.83. The van der Waals surface area contributed by atoms with Crippen LogP contribution in [0.5, 0.6) is 0 Å². The Hall–Kier alpha value is -0.850. The third-order valence-electron chi connectivity index (χ3n) is 3.70. The van der Waals surface area contributed by atoms with Crippen molar-refractivity contribution in [2.24, 2.45) is 5.73 Å². The van der Waals surface area contributed by atoms with Crippen molar-refractivity contribution in [3.63, 3.8) is 0 Å². The van der Waals surface area contributed by atoms with Gasteiger partial charge in [0.25, 0.3) is 5.91 Å². The molecule has 1 aromatic heterocycles. The van der Waals surface area contributed by atoms with Crippen molar-refractivity contribution in [1.29, 1.82) is 0 Å². The Morgan fingerprint density at radius 1 is 1.43 bits per heavy atom. The quantitative estimate of drug-likeness (QED) is 0.859. The first-order chi connectivity index (χ1) is 10.2. The number of rotatable bonds is 3. The van der Waals surface area contributed by atoms with E-state index in [1.54, 1.807) is 0 Å². The molecule has 0 saturated carbocycles. The SMILES string of the molecule is Cl.Cl.NCC1CCCN1C(=O)c1csc(-c2cccc(Cl)c2)n1. The highest BCUT2D eigenvalue weighted by Crippen LogP contribution is 2.27. The van der Waals surface area contributed by atoms with Crippen molar-refractivity contribution < 1.29 is 4.79 Å². The molecule has 1 amide bonds. The molecule has 1 unspecified atom stereocenters. The highest BCUT2D eigenvalue weighted by molar-refractivity contribution is 7.13. The summed E-state index contributed by atoms with van der Waals surface area (Å²) >= 11 is 7.45. The van der Waals surface area contributed by atoms with Crippen LogP contribution in [-0.2, 0) is 0 Å². The first kappa shape index (κ1) is 20.2. The van der Waals surface area contributed by atoms with E-state index >= 15 is 0 Å². The molecule has 8 heteroatoms. The number of nitrogens with zero attached hydrogens (tertiary/aromatic N) is 2. The lowest BCUT2D eigenvalue weighted by Crippen LogP contribution is -2.40. The van der Waals surface area contributed by atoms with Crippen LogP contribution in [0, 0.1) is 0 Å². The molecule has 2 N–H and O–H groups in total. The van der Waals surface area contributed by atoms with E-state index in [2.05, 4.69) is 4.98 Å². The number of likely N-dealkylation sites (tertiary alicyclic amines) is 1. The zero-order valence-electron chi connectivity index (χ0n) is 12.3. The molecule has 3 rings (SSSR count). The minimum Gasteiger partial charge on any atom is -0.333 e. The van der Waals surface area contributed by atoms with Gasteiger partial charge in [-0.15, -0.1) is 36.2 Å². The minimum atomic E-state index is -0.0209. The molecule has 1 saturated heterocycles. The van der Waals surface area contributed by atoms with Crippen LogP contribution in [0.1, 0.15) is 23.3 Å². The zero-order chi connectivity index (χ0) is 14.8. The van der Waals surface area contributed by atoms with Crippen LogP contribution in [0.4, 0.5) is 0 Å². The third kappa shape index (κ3) is 4.37. The van der Waals surface area contributed by atoms with Crippen molar-refractivity contribution in [1.82, 2.24) is 9.88 Å². The van der Waals surface area contributed by atoms with E-state index in [0.717, 1.165) is 30.0 Å². The van der Waals surface area contributed by atoms with Gasteiger partial charge in [0, 0.05) is 35.1 Å². The first-order valence-electron chi connectivity index (χ1n) is 6.91. The lowest BCUT2D eigenvalue weighted by molar-refractivity contribution is 0.0736.